The first kappa shape index (κ1) is 8.25. The van der Waals surface area contributed by atoms with Crippen molar-refractivity contribution in [1.29, 1.82) is 0 Å². The standard InChI is InChI=1S/C10H13O/c1-3-4-5-9-8(2)6-7-10(9)11/h3-4,6H,5,7H2,1-2H3/b4-3+. The van der Waals surface area contributed by atoms with Gasteiger partial charge in [-0.05, 0) is 32.3 Å². The highest BCUT2D eigenvalue weighted by Gasteiger charge is 2.18. The molecular weight excluding hydrogens is 136 g/mol. The number of ketones is 1. The van der Waals surface area contributed by atoms with Gasteiger partial charge in [-0.15, -0.1) is 0 Å². The molecule has 1 aliphatic rings. The van der Waals surface area contributed by atoms with Gasteiger partial charge >= 0.3 is 0 Å². The van der Waals surface area contributed by atoms with Gasteiger partial charge in [0.2, 0.25) is 0 Å². The summed E-state index contributed by atoms with van der Waals surface area (Å²) < 4.78 is 0. The molecule has 0 aromatic rings. The fourth-order valence-electron chi connectivity index (χ4n) is 1.22. The highest BCUT2D eigenvalue weighted by atomic mass is 16.1. The minimum absolute atomic E-state index is 0.292. The van der Waals surface area contributed by atoms with Gasteiger partial charge < -0.3 is 0 Å². The second-order valence-corrected chi connectivity index (χ2v) is 2.77. The minimum atomic E-state index is 0.292. The normalized spacial score (nSPS) is 18.9. The fraction of sp³-hybridized carbons (Fsp3) is 0.400. The van der Waals surface area contributed by atoms with Crippen molar-refractivity contribution in [2.45, 2.75) is 26.7 Å². The number of hydrogen-bond acceptors (Lipinski definition) is 1. The Kier molecular flexibility index (Phi) is 2.64. The monoisotopic (exact) mass is 149 g/mol. The van der Waals surface area contributed by atoms with Gasteiger partial charge in [-0.2, -0.15) is 0 Å². The van der Waals surface area contributed by atoms with Crippen LogP contribution in [0.4, 0.5) is 0 Å². The van der Waals surface area contributed by atoms with Crippen LogP contribution in [-0.2, 0) is 4.79 Å². The van der Waals surface area contributed by atoms with Gasteiger partial charge in [-0.1, -0.05) is 17.7 Å². The van der Waals surface area contributed by atoms with Gasteiger partial charge in [0.1, 0.15) is 0 Å². The molecule has 0 saturated carbocycles. The van der Waals surface area contributed by atoms with E-state index in [0.29, 0.717) is 12.2 Å². The summed E-state index contributed by atoms with van der Waals surface area (Å²) in [6.45, 7) is 3.97. The Labute approximate surface area is 67.8 Å². The van der Waals surface area contributed by atoms with Gasteiger partial charge in [-0.3, -0.25) is 4.79 Å². The van der Waals surface area contributed by atoms with E-state index >= 15 is 0 Å². The Morgan fingerprint density at radius 1 is 1.64 bits per heavy atom. The molecule has 0 aromatic heterocycles. The van der Waals surface area contributed by atoms with E-state index in [2.05, 4.69) is 0 Å². The number of allylic oxidation sites excluding steroid dienone is 4. The van der Waals surface area contributed by atoms with E-state index in [9.17, 15) is 4.79 Å². The third-order valence-corrected chi connectivity index (χ3v) is 1.96. The molecule has 0 fully saturated rings. The quantitative estimate of drug-likeness (QED) is 0.551. The Bertz CT molecular complexity index is 221. The Hall–Kier alpha value is -0.850. The molecule has 1 radical (unpaired) electrons. The minimum Gasteiger partial charge on any atom is -0.295 e. The van der Waals surface area contributed by atoms with E-state index in [1.165, 1.54) is 0 Å². The molecule has 59 valence electrons. The molecule has 0 N–H and O–H groups in total. The number of rotatable bonds is 2. The zero-order valence-corrected chi connectivity index (χ0v) is 7.05. The van der Waals surface area contributed by atoms with E-state index in [1.54, 1.807) is 0 Å². The van der Waals surface area contributed by atoms with Crippen LogP contribution in [0.25, 0.3) is 0 Å². The van der Waals surface area contributed by atoms with Gasteiger partial charge in [-0.25, -0.2) is 0 Å². The van der Waals surface area contributed by atoms with Crippen molar-refractivity contribution >= 4 is 5.78 Å². The molecule has 0 saturated heterocycles. The first-order valence-corrected chi connectivity index (χ1v) is 3.93. The highest BCUT2D eigenvalue weighted by Crippen LogP contribution is 2.23. The molecule has 0 unspecified atom stereocenters. The molecular formula is C10H13O. The van der Waals surface area contributed by atoms with E-state index < -0.39 is 0 Å². The Morgan fingerprint density at radius 2 is 2.36 bits per heavy atom. The summed E-state index contributed by atoms with van der Waals surface area (Å²) in [5.74, 6) is 0.292. The summed E-state index contributed by atoms with van der Waals surface area (Å²) in [7, 11) is 0. The van der Waals surface area contributed by atoms with Gasteiger partial charge in [0, 0.05) is 6.42 Å². The van der Waals surface area contributed by atoms with Crippen molar-refractivity contribution in [2.24, 2.45) is 0 Å². The predicted octanol–water partition coefficient (Wildman–Crippen LogP) is 2.45. The smallest absolute Gasteiger partial charge is 0.159 e. The van der Waals surface area contributed by atoms with Crippen LogP contribution < -0.4 is 0 Å². The summed E-state index contributed by atoms with van der Waals surface area (Å²) in [6.07, 6.45) is 7.42. The molecule has 0 atom stereocenters. The molecule has 0 bridgehead atoms. The average Bonchev–Trinajstić information content (AvgIpc) is 2.29. The molecule has 1 aliphatic carbocycles. The summed E-state index contributed by atoms with van der Waals surface area (Å²) in [4.78, 5) is 11.2. The molecule has 0 aliphatic heterocycles. The Morgan fingerprint density at radius 3 is 2.82 bits per heavy atom. The topological polar surface area (TPSA) is 17.1 Å². The zero-order valence-electron chi connectivity index (χ0n) is 7.05. The van der Waals surface area contributed by atoms with E-state index in [0.717, 1.165) is 17.6 Å². The average molecular weight is 149 g/mol. The van der Waals surface area contributed by atoms with Crippen molar-refractivity contribution in [3.63, 3.8) is 0 Å². The van der Waals surface area contributed by atoms with E-state index in [4.69, 9.17) is 0 Å². The summed E-state index contributed by atoms with van der Waals surface area (Å²) in [5.41, 5.74) is 2.15. The highest BCUT2D eigenvalue weighted by molar-refractivity contribution is 6.00. The largest absolute Gasteiger partial charge is 0.295 e. The van der Waals surface area contributed by atoms with Gasteiger partial charge in [0.25, 0.3) is 0 Å². The lowest BCUT2D eigenvalue weighted by Gasteiger charge is -1.95. The zero-order chi connectivity index (χ0) is 8.27. The lowest BCUT2D eigenvalue weighted by Crippen LogP contribution is -1.94. The molecule has 1 nitrogen and oxygen atoms in total. The molecule has 0 spiro atoms. The number of carbonyl (C=O) groups excluding carboxylic acids is 1. The number of carbonyl (C=O) groups is 1. The van der Waals surface area contributed by atoms with Crippen LogP contribution in [0.5, 0.6) is 0 Å². The lowest BCUT2D eigenvalue weighted by molar-refractivity contribution is -0.114. The maximum Gasteiger partial charge on any atom is 0.159 e. The van der Waals surface area contributed by atoms with Crippen LogP contribution in [0.1, 0.15) is 26.7 Å². The maximum absolute atomic E-state index is 11.2. The second-order valence-electron chi connectivity index (χ2n) is 2.77. The third kappa shape index (κ3) is 1.79. The fourth-order valence-corrected chi connectivity index (χ4v) is 1.22. The van der Waals surface area contributed by atoms with Crippen LogP contribution in [0.3, 0.4) is 0 Å². The lowest BCUT2D eigenvalue weighted by atomic mass is 10.1. The molecule has 0 amide bonds. The van der Waals surface area contributed by atoms with Crippen molar-refractivity contribution in [2.75, 3.05) is 0 Å². The van der Waals surface area contributed by atoms with Crippen molar-refractivity contribution in [3.8, 4) is 0 Å². The van der Waals surface area contributed by atoms with Crippen LogP contribution in [0.15, 0.2) is 23.3 Å². The van der Waals surface area contributed by atoms with Crippen molar-refractivity contribution in [3.05, 3.63) is 29.7 Å². The summed E-state index contributed by atoms with van der Waals surface area (Å²) in [6, 6.07) is 0. The number of Topliss-reactive ketones (excluding diaryl/α,β-unsaturated/α-hetero) is 1. The van der Waals surface area contributed by atoms with Crippen LogP contribution in [0, 0.1) is 6.42 Å². The molecule has 1 rings (SSSR count). The first-order valence-electron chi connectivity index (χ1n) is 3.93. The molecule has 0 aromatic carbocycles. The Balaban J connectivity index is 2.67. The molecule has 0 heterocycles. The maximum atomic E-state index is 11.2. The predicted molar refractivity (Wildman–Crippen MR) is 46.1 cm³/mol. The number of hydrogen-bond donors (Lipinski definition) is 0. The SMILES string of the molecule is C/C=C/CC1=C(C)[CH]CC1=O. The van der Waals surface area contributed by atoms with Crippen LogP contribution in [0.2, 0.25) is 0 Å². The molecule has 11 heavy (non-hydrogen) atoms. The van der Waals surface area contributed by atoms with E-state index in [1.807, 2.05) is 32.4 Å². The van der Waals surface area contributed by atoms with Gasteiger partial charge in [0.15, 0.2) is 5.78 Å². The van der Waals surface area contributed by atoms with Gasteiger partial charge in [0.05, 0.1) is 0 Å². The van der Waals surface area contributed by atoms with Crippen LogP contribution >= 0.6 is 0 Å². The summed E-state index contributed by atoms with van der Waals surface area (Å²) >= 11 is 0. The van der Waals surface area contributed by atoms with Crippen molar-refractivity contribution < 1.29 is 4.79 Å². The first-order chi connectivity index (χ1) is 5.25. The van der Waals surface area contributed by atoms with Crippen LogP contribution in [-0.4, -0.2) is 5.78 Å². The van der Waals surface area contributed by atoms with Crippen molar-refractivity contribution in [1.82, 2.24) is 0 Å². The summed E-state index contributed by atoms with van der Waals surface area (Å²) in [5, 5.41) is 0. The third-order valence-electron chi connectivity index (χ3n) is 1.96. The van der Waals surface area contributed by atoms with E-state index in [-0.39, 0.29) is 0 Å². The molecule has 1 heteroatoms. The second kappa shape index (κ2) is 3.51.